The summed E-state index contributed by atoms with van der Waals surface area (Å²) in [6, 6.07) is 7.99. The molecule has 1 saturated carbocycles. The average molecular weight is 288 g/mol. The molecule has 1 aliphatic carbocycles. The first-order valence-corrected chi connectivity index (χ1v) is 7.79. The average Bonchev–Trinajstić information content (AvgIpc) is 2.93. The molecule has 2 atom stereocenters. The van der Waals surface area contributed by atoms with Crippen LogP contribution < -0.4 is 5.32 Å². The van der Waals surface area contributed by atoms with Crippen molar-refractivity contribution in [3.63, 3.8) is 0 Å². The van der Waals surface area contributed by atoms with E-state index in [0.29, 0.717) is 24.6 Å². The van der Waals surface area contributed by atoms with Crippen LogP contribution in [0.5, 0.6) is 0 Å². The summed E-state index contributed by atoms with van der Waals surface area (Å²) >= 11 is 0. The normalized spacial score (nSPS) is 25.8. The van der Waals surface area contributed by atoms with E-state index in [-0.39, 0.29) is 19.8 Å². The summed E-state index contributed by atoms with van der Waals surface area (Å²) < 4.78 is 0. The molecule has 2 aliphatic rings. The van der Waals surface area contributed by atoms with Gasteiger partial charge in [-0.05, 0) is 42.4 Å². The molecule has 2 amide bonds. The van der Waals surface area contributed by atoms with Crippen LogP contribution in [0.15, 0.2) is 24.3 Å². The minimum atomic E-state index is -0.0776. The van der Waals surface area contributed by atoms with Crippen LogP contribution in [-0.4, -0.2) is 36.3 Å². The molecular formula is C17H24N2O2. The van der Waals surface area contributed by atoms with Gasteiger partial charge in [0.25, 0.3) is 5.91 Å². The van der Waals surface area contributed by atoms with Crippen LogP contribution in [0.25, 0.3) is 0 Å². The van der Waals surface area contributed by atoms with E-state index in [1.807, 2.05) is 12.1 Å². The van der Waals surface area contributed by atoms with Crippen LogP contribution >= 0.6 is 0 Å². The summed E-state index contributed by atoms with van der Waals surface area (Å²) in [6.45, 7) is 3.61. The molecule has 4 nitrogen and oxygen atoms in total. The van der Waals surface area contributed by atoms with Gasteiger partial charge in [-0.25, -0.2) is 0 Å². The minimum Gasteiger partial charge on any atom is -0.353 e. The Kier molecular flexibility index (Phi) is 3.95. The van der Waals surface area contributed by atoms with Crippen molar-refractivity contribution in [1.82, 2.24) is 10.2 Å². The molecule has 3 rings (SSSR count). The van der Waals surface area contributed by atoms with Gasteiger partial charge < -0.3 is 10.2 Å². The first kappa shape index (κ1) is 14.1. The number of carbonyl (C=O) groups is 2. The number of piperazine rings is 1. The fraction of sp³-hybridized carbons (Fsp3) is 0.529. The number of carbonyl (C=O) groups excluding carboxylic acids is 2. The third-order valence-corrected chi connectivity index (χ3v) is 4.65. The number of hydrogen-bond donors (Lipinski definition) is 1. The predicted molar refractivity (Wildman–Crippen MR) is 83.2 cm³/mol. The second kappa shape index (κ2) is 5.88. The first-order valence-electron chi connectivity index (χ1n) is 7.79. The summed E-state index contributed by atoms with van der Waals surface area (Å²) in [5.41, 5.74) is 2.02. The third-order valence-electron chi connectivity index (χ3n) is 4.65. The van der Waals surface area contributed by atoms with Crippen LogP contribution in [0.1, 0.15) is 49.5 Å². The van der Waals surface area contributed by atoms with Crippen LogP contribution in [0.3, 0.4) is 0 Å². The van der Waals surface area contributed by atoms with E-state index in [0.717, 1.165) is 5.92 Å². The van der Waals surface area contributed by atoms with Crippen LogP contribution in [0, 0.1) is 5.92 Å². The van der Waals surface area contributed by atoms with Crippen LogP contribution in [-0.2, 0) is 4.79 Å². The zero-order chi connectivity index (χ0) is 14.8. The maximum Gasteiger partial charge on any atom is 0.254 e. The maximum atomic E-state index is 12.4. The topological polar surface area (TPSA) is 49.4 Å². The van der Waals surface area contributed by atoms with E-state index >= 15 is 0 Å². The Morgan fingerprint density at radius 3 is 2.67 bits per heavy atom. The summed E-state index contributed by atoms with van der Waals surface area (Å²) in [6.07, 6.45) is 3.80. The zero-order valence-corrected chi connectivity index (χ0v) is 12.5. The quantitative estimate of drug-likeness (QED) is 0.908. The standard InChI is InChI=1S/C17H22N2O2.H2/c1-12-2-3-15(10-12)13-4-6-14(7-5-13)17(21)19-9-8-18-16(20)11-19;/h4-7,12,15H,2-3,8-11H2,1H3,(H,18,20);1H/t12?,15-;/m0./s1. The highest BCUT2D eigenvalue weighted by atomic mass is 16.2. The van der Waals surface area contributed by atoms with Crippen molar-refractivity contribution in [3.05, 3.63) is 35.4 Å². The van der Waals surface area contributed by atoms with Gasteiger partial charge in [-0.15, -0.1) is 0 Å². The Hall–Kier alpha value is -1.84. The molecule has 4 heteroatoms. The van der Waals surface area contributed by atoms with Crippen molar-refractivity contribution in [3.8, 4) is 0 Å². The number of hydrogen-bond acceptors (Lipinski definition) is 2. The molecular weight excluding hydrogens is 264 g/mol. The summed E-state index contributed by atoms with van der Waals surface area (Å²) in [4.78, 5) is 25.4. The largest absolute Gasteiger partial charge is 0.353 e. The monoisotopic (exact) mass is 288 g/mol. The second-order valence-electron chi connectivity index (χ2n) is 6.31. The van der Waals surface area contributed by atoms with Crippen molar-refractivity contribution in [1.29, 1.82) is 0 Å². The van der Waals surface area contributed by atoms with Gasteiger partial charge in [0.1, 0.15) is 0 Å². The Morgan fingerprint density at radius 1 is 1.29 bits per heavy atom. The molecule has 2 fully saturated rings. The maximum absolute atomic E-state index is 12.4. The molecule has 1 aliphatic heterocycles. The number of nitrogens with one attached hydrogen (secondary N) is 1. The number of benzene rings is 1. The lowest BCUT2D eigenvalue weighted by molar-refractivity contribution is -0.123. The van der Waals surface area contributed by atoms with Crippen molar-refractivity contribution < 1.29 is 11.0 Å². The molecule has 1 unspecified atom stereocenters. The molecule has 0 aromatic heterocycles. The fourth-order valence-corrected chi connectivity index (χ4v) is 3.40. The van der Waals surface area contributed by atoms with Crippen LogP contribution in [0.4, 0.5) is 0 Å². The third kappa shape index (κ3) is 3.09. The molecule has 1 aromatic rings. The Labute approximate surface area is 127 Å². The Bertz CT molecular complexity index is 544. The van der Waals surface area contributed by atoms with Gasteiger partial charge in [-0.1, -0.05) is 25.5 Å². The van der Waals surface area contributed by atoms with Gasteiger partial charge >= 0.3 is 0 Å². The molecule has 0 radical (unpaired) electrons. The van der Waals surface area contributed by atoms with Gasteiger partial charge in [0, 0.05) is 20.1 Å². The van der Waals surface area contributed by atoms with Gasteiger partial charge in [0.05, 0.1) is 6.54 Å². The van der Waals surface area contributed by atoms with E-state index in [9.17, 15) is 9.59 Å². The lowest BCUT2D eigenvalue weighted by Gasteiger charge is -2.26. The lowest BCUT2D eigenvalue weighted by atomic mass is 9.95. The van der Waals surface area contributed by atoms with E-state index in [4.69, 9.17) is 0 Å². The van der Waals surface area contributed by atoms with Gasteiger partial charge in [-0.2, -0.15) is 0 Å². The zero-order valence-electron chi connectivity index (χ0n) is 12.5. The molecule has 21 heavy (non-hydrogen) atoms. The second-order valence-corrected chi connectivity index (χ2v) is 6.31. The van der Waals surface area contributed by atoms with E-state index in [2.05, 4.69) is 24.4 Å². The van der Waals surface area contributed by atoms with Gasteiger partial charge in [0.15, 0.2) is 0 Å². The Morgan fingerprint density at radius 2 is 2.05 bits per heavy atom. The van der Waals surface area contributed by atoms with E-state index in [1.165, 1.54) is 24.8 Å². The first-order chi connectivity index (χ1) is 10.1. The smallest absolute Gasteiger partial charge is 0.254 e. The summed E-state index contributed by atoms with van der Waals surface area (Å²) in [5, 5.41) is 2.74. The van der Waals surface area contributed by atoms with Crippen molar-refractivity contribution in [2.24, 2.45) is 5.92 Å². The molecule has 1 saturated heterocycles. The van der Waals surface area contributed by atoms with E-state index < -0.39 is 0 Å². The van der Waals surface area contributed by atoms with Gasteiger partial charge in [0.2, 0.25) is 5.91 Å². The molecule has 1 N–H and O–H groups in total. The number of nitrogens with zero attached hydrogens (tertiary/aromatic N) is 1. The number of rotatable bonds is 2. The number of amides is 2. The summed E-state index contributed by atoms with van der Waals surface area (Å²) in [7, 11) is 0. The lowest BCUT2D eigenvalue weighted by Crippen LogP contribution is -2.49. The minimum absolute atomic E-state index is 0. The van der Waals surface area contributed by atoms with Gasteiger partial charge in [-0.3, -0.25) is 9.59 Å². The van der Waals surface area contributed by atoms with Crippen molar-refractivity contribution in [2.45, 2.75) is 32.1 Å². The van der Waals surface area contributed by atoms with E-state index in [1.54, 1.807) is 4.90 Å². The summed E-state index contributed by atoms with van der Waals surface area (Å²) in [5.74, 6) is 1.33. The highest BCUT2D eigenvalue weighted by molar-refractivity contribution is 5.97. The molecule has 0 bridgehead atoms. The Balaban J connectivity index is 0.00000176. The molecule has 1 aromatic carbocycles. The van der Waals surface area contributed by atoms with Crippen LogP contribution in [0.2, 0.25) is 0 Å². The SMILES string of the molecule is CC1CC[C@H](c2ccc(C(=O)N3CCNC(=O)C3)cc2)C1.[HH]. The molecule has 0 spiro atoms. The highest BCUT2D eigenvalue weighted by Crippen LogP contribution is 2.37. The van der Waals surface area contributed by atoms with Crippen molar-refractivity contribution >= 4 is 11.8 Å². The van der Waals surface area contributed by atoms with Crippen molar-refractivity contribution in [2.75, 3.05) is 19.6 Å². The highest BCUT2D eigenvalue weighted by Gasteiger charge is 2.24. The molecule has 1 heterocycles. The predicted octanol–water partition coefficient (Wildman–Crippen LogP) is 2.41. The fourth-order valence-electron chi connectivity index (χ4n) is 3.40. The molecule has 114 valence electrons.